The monoisotopic (exact) mass is 501 g/mol. The van der Waals surface area contributed by atoms with E-state index in [0.29, 0.717) is 48.7 Å². The summed E-state index contributed by atoms with van der Waals surface area (Å²) in [7, 11) is 0. The standard InChI is InChI=1S/C24H28ClN5O5/c1-15(31)13-30(14-16(2)32)23(33)20-4-3-17(10-21(20)25)19-9-18(11-26)22(27-12-19)28-5-7-29(8-6-28)24(34)35/h3-4,9-10,12,15-16,31-32H,5-8,13-14H2,1-2H3,(H,34,35). The molecule has 2 heterocycles. The van der Waals surface area contributed by atoms with Crippen molar-refractivity contribution in [1.29, 1.82) is 5.26 Å². The molecule has 0 spiro atoms. The quantitative estimate of drug-likeness (QED) is 0.524. The Balaban J connectivity index is 1.83. The van der Waals surface area contributed by atoms with Crippen molar-refractivity contribution in [2.75, 3.05) is 44.2 Å². The number of halogens is 1. The summed E-state index contributed by atoms with van der Waals surface area (Å²) in [6.45, 7) is 4.76. The Labute approximate surface area is 208 Å². The maximum absolute atomic E-state index is 13.0. The van der Waals surface area contributed by atoms with E-state index < -0.39 is 24.2 Å². The van der Waals surface area contributed by atoms with Crippen molar-refractivity contribution in [2.45, 2.75) is 26.1 Å². The third-order valence-corrected chi connectivity index (χ3v) is 5.94. The normalized spacial score (nSPS) is 15.3. The van der Waals surface area contributed by atoms with E-state index in [1.54, 1.807) is 44.3 Å². The number of aromatic nitrogens is 1. The zero-order valence-electron chi connectivity index (χ0n) is 19.6. The molecule has 2 unspecified atom stereocenters. The fraction of sp³-hybridized carbons (Fsp3) is 0.417. The van der Waals surface area contributed by atoms with Gasteiger partial charge in [-0.15, -0.1) is 0 Å². The zero-order chi connectivity index (χ0) is 25.7. The zero-order valence-corrected chi connectivity index (χ0v) is 20.3. The van der Waals surface area contributed by atoms with E-state index in [1.807, 2.05) is 4.90 Å². The van der Waals surface area contributed by atoms with Gasteiger partial charge in [0, 0.05) is 51.0 Å². The van der Waals surface area contributed by atoms with E-state index in [2.05, 4.69) is 11.1 Å². The molecular formula is C24H28ClN5O5. The number of nitriles is 1. The van der Waals surface area contributed by atoms with E-state index in [1.165, 1.54) is 9.80 Å². The fourth-order valence-electron chi connectivity index (χ4n) is 3.98. The van der Waals surface area contributed by atoms with Gasteiger partial charge in [0.15, 0.2) is 0 Å². The molecule has 0 saturated carbocycles. The van der Waals surface area contributed by atoms with Gasteiger partial charge in [0.1, 0.15) is 11.9 Å². The number of rotatable bonds is 7. The minimum atomic E-state index is -0.966. The molecule has 1 saturated heterocycles. The Hall–Kier alpha value is -3.39. The van der Waals surface area contributed by atoms with Crippen molar-refractivity contribution >= 4 is 29.4 Å². The van der Waals surface area contributed by atoms with Gasteiger partial charge in [-0.2, -0.15) is 5.26 Å². The molecule has 10 nitrogen and oxygen atoms in total. The van der Waals surface area contributed by atoms with Crippen LogP contribution in [-0.2, 0) is 0 Å². The maximum atomic E-state index is 13.0. The first-order chi connectivity index (χ1) is 16.6. The van der Waals surface area contributed by atoms with E-state index in [9.17, 15) is 25.1 Å². The highest BCUT2D eigenvalue weighted by molar-refractivity contribution is 6.34. The highest BCUT2D eigenvalue weighted by Crippen LogP contribution is 2.29. The van der Waals surface area contributed by atoms with Crippen LogP contribution in [0.15, 0.2) is 30.5 Å². The Morgan fingerprint density at radius 2 is 1.74 bits per heavy atom. The van der Waals surface area contributed by atoms with Crippen molar-refractivity contribution in [3.05, 3.63) is 46.6 Å². The van der Waals surface area contributed by atoms with Crippen LogP contribution in [0.4, 0.5) is 10.6 Å². The molecule has 1 aliphatic rings. The number of carbonyl (C=O) groups excluding carboxylic acids is 1. The van der Waals surface area contributed by atoms with Crippen molar-refractivity contribution in [3.8, 4) is 17.2 Å². The first kappa shape index (κ1) is 26.2. The van der Waals surface area contributed by atoms with Gasteiger partial charge in [-0.3, -0.25) is 4.79 Å². The lowest BCUT2D eigenvalue weighted by Gasteiger charge is -2.34. The molecule has 3 N–H and O–H groups in total. The van der Waals surface area contributed by atoms with Crippen LogP contribution in [0.5, 0.6) is 0 Å². The summed E-state index contributed by atoms with van der Waals surface area (Å²) >= 11 is 6.44. The van der Waals surface area contributed by atoms with Crippen LogP contribution in [0.25, 0.3) is 11.1 Å². The number of anilines is 1. The second-order valence-electron chi connectivity index (χ2n) is 8.57. The minimum Gasteiger partial charge on any atom is -0.465 e. The molecular weight excluding hydrogens is 474 g/mol. The number of aliphatic hydroxyl groups excluding tert-OH is 2. The van der Waals surface area contributed by atoms with Gasteiger partial charge in [0.05, 0.1) is 28.4 Å². The van der Waals surface area contributed by atoms with Crippen LogP contribution in [0.2, 0.25) is 5.02 Å². The predicted octanol–water partition coefficient (Wildman–Crippen LogP) is 2.28. The molecule has 2 atom stereocenters. The summed E-state index contributed by atoms with van der Waals surface area (Å²) in [5.41, 5.74) is 1.89. The second kappa shape index (κ2) is 11.4. The van der Waals surface area contributed by atoms with E-state index in [0.717, 1.165) is 0 Å². The number of piperazine rings is 1. The molecule has 35 heavy (non-hydrogen) atoms. The van der Waals surface area contributed by atoms with Gasteiger partial charge >= 0.3 is 6.09 Å². The van der Waals surface area contributed by atoms with Crippen molar-refractivity contribution in [2.24, 2.45) is 0 Å². The second-order valence-corrected chi connectivity index (χ2v) is 8.97. The molecule has 2 aromatic rings. The third kappa shape index (κ3) is 6.39. The number of pyridine rings is 1. The van der Waals surface area contributed by atoms with Crippen molar-refractivity contribution in [1.82, 2.24) is 14.8 Å². The first-order valence-electron chi connectivity index (χ1n) is 11.2. The molecule has 2 amide bonds. The molecule has 186 valence electrons. The van der Waals surface area contributed by atoms with E-state index >= 15 is 0 Å². The molecule has 3 rings (SSSR count). The number of hydrogen-bond acceptors (Lipinski definition) is 7. The average molecular weight is 502 g/mol. The summed E-state index contributed by atoms with van der Waals surface area (Å²) in [6, 6.07) is 8.73. The Bertz CT molecular complexity index is 1120. The summed E-state index contributed by atoms with van der Waals surface area (Å²) < 4.78 is 0. The minimum absolute atomic E-state index is 0.0550. The van der Waals surface area contributed by atoms with Gasteiger partial charge in [0.2, 0.25) is 0 Å². The van der Waals surface area contributed by atoms with Crippen LogP contribution in [0.1, 0.15) is 29.8 Å². The summed E-state index contributed by atoms with van der Waals surface area (Å²) in [6.07, 6.45) is -0.888. The van der Waals surface area contributed by atoms with E-state index in [-0.39, 0.29) is 23.7 Å². The smallest absolute Gasteiger partial charge is 0.407 e. The number of hydrogen-bond donors (Lipinski definition) is 3. The molecule has 1 aliphatic heterocycles. The van der Waals surface area contributed by atoms with E-state index in [4.69, 9.17) is 16.7 Å². The van der Waals surface area contributed by atoms with Crippen LogP contribution in [0, 0.1) is 11.3 Å². The van der Waals surface area contributed by atoms with Gasteiger partial charge in [-0.05, 0) is 37.6 Å². The van der Waals surface area contributed by atoms with Crippen LogP contribution in [0.3, 0.4) is 0 Å². The number of benzene rings is 1. The van der Waals surface area contributed by atoms with Crippen molar-refractivity contribution < 1.29 is 24.9 Å². The highest BCUT2D eigenvalue weighted by atomic mass is 35.5. The van der Waals surface area contributed by atoms with Gasteiger partial charge in [-0.1, -0.05) is 17.7 Å². The Morgan fingerprint density at radius 1 is 1.11 bits per heavy atom. The lowest BCUT2D eigenvalue weighted by atomic mass is 10.0. The highest BCUT2D eigenvalue weighted by Gasteiger charge is 2.24. The predicted molar refractivity (Wildman–Crippen MR) is 130 cm³/mol. The lowest BCUT2D eigenvalue weighted by molar-refractivity contribution is 0.0518. The van der Waals surface area contributed by atoms with Crippen LogP contribution < -0.4 is 4.90 Å². The summed E-state index contributed by atoms with van der Waals surface area (Å²) in [4.78, 5) is 33.1. The number of aliphatic hydroxyl groups is 2. The number of amides is 2. The first-order valence-corrected chi connectivity index (χ1v) is 11.6. The summed E-state index contributed by atoms with van der Waals surface area (Å²) in [5.74, 6) is 0.0844. The molecule has 0 bridgehead atoms. The fourth-order valence-corrected chi connectivity index (χ4v) is 4.24. The van der Waals surface area contributed by atoms with Gasteiger partial charge in [0.25, 0.3) is 5.91 Å². The topological polar surface area (TPSA) is 141 Å². The summed E-state index contributed by atoms with van der Waals surface area (Å²) in [5, 5.41) is 38.5. The number of nitrogens with zero attached hydrogens (tertiary/aromatic N) is 5. The van der Waals surface area contributed by atoms with Crippen molar-refractivity contribution in [3.63, 3.8) is 0 Å². The molecule has 0 radical (unpaired) electrons. The third-order valence-electron chi connectivity index (χ3n) is 5.63. The molecule has 11 heteroatoms. The molecule has 1 aromatic heterocycles. The lowest BCUT2D eigenvalue weighted by Crippen LogP contribution is -2.48. The molecule has 1 fully saturated rings. The Morgan fingerprint density at radius 3 is 2.26 bits per heavy atom. The number of carbonyl (C=O) groups is 2. The molecule has 0 aliphatic carbocycles. The largest absolute Gasteiger partial charge is 0.465 e. The average Bonchev–Trinajstić information content (AvgIpc) is 2.82. The van der Waals surface area contributed by atoms with Gasteiger partial charge in [-0.25, -0.2) is 9.78 Å². The van der Waals surface area contributed by atoms with Crippen LogP contribution >= 0.6 is 11.6 Å². The molecule has 1 aromatic carbocycles. The Kier molecular flexibility index (Phi) is 8.51. The van der Waals surface area contributed by atoms with Gasteiger partial charge < -0.3 is 30.0 Å². The number of carboxylic acid groups (broad SMARTS) is 1. The SMILES string of the molecule is CC(O)CN(CC(C)O)C(=O)c1ccc(-c2cnc(N3CCN(C(=O)O)CC3)c(C#N)c2)cc1Cl. The van der Waals surface area contributed by atoms with Crippen LogP contribution in [-0.4, -0.2) is 93.6 Å². The maximum Gasteiger partial charge on any atom is 0.407 e.